The molecule has 1 aromatic heterocycles. The van der Waals surface area contributed by atoms with E-state index in [0.717, 1.165) is 10.9 Å². The van der Waals surface area contributed by atoms with Crippen LogP contribution in [0.1, 0.15) is 24.2 Å². The Hall–Kier alpha value is -1.65. The van der Waals surface area contributed by atoms with Crippen LogP contribution in [0.3, 0.4) is 0 Å². The van der Waals surface area contributed by atoms with Gasteiger partial charge >= 0.3 is 0 Å². The third-order valence-corrected chi connectivity index (χ3v) is 3.33. The normalized spacial score (nSPS) is 11.1. The van der Waals surface area contributed by atoms with Gasteiger partial charge in [-0.05, 0) is 26.0 Å². The van der Waals surface area contributed by atoms with Crippen molar-refractivity contribution in [1.29, 1.82) is 0 Å². The number of nitrogens with zero attached hydrogens (tertiary/aromatic N) is 2. The maximum absolute atomic E-state index is 12.6. The molecule has 0 atom stereocenters. The number of amides is 1. The largest absolute Gasteiger partial charge is 0.377 e. The number of fused-ring (bicyclic) bond motifs is 1. The van der Waals surface area contributed by atoms with Crippen LogP contribution >= 0.6 is 11.6 Å². The van der Waals surface area contributed by atoms with E-state index < -0.39 is 0 Å². The molecule has 0 aliphatic carbocycles. The zero-order valence-corrected chi connectivity index (χ0v) is 13.2. The lowest BCUT2D eigenvalue weighted by atomic mass is 10.1. The van der Waals surface area contributed by atoms with Crippen molar-refractivity contribution < 1.29 is 9.53 Å². The van der Waals surface area contributed by atoms with Crippen molar-refractivity contribution >= 4 is 28.4 Å². The molecule has 112 valence electrons. The van der Waals surface area contributed by atoms with Gasteiger partial charge in [0.05, 0.1) is 23.8 Å². The second kappa shape index (κ2) is 6.87. The summed E-state index contributed by atoms with van der Waals surface area (Å²) in [5.41, 5.74) is 1.29. The number of aromatic nitrogens is 1. The highest BCUT2D eigenvalue weighted by molar-refractivity contribution is 6.30. The van der Waals surface area contributed by atoms with E-state index in [1.807, 2.05) is 38.1 Å². The van der Waals surface area contributed by atoms with E-state index in [4.69, 9.17) is 16.3 Å². The van der Waals surface area contributed by atoms with Gasteiger partial charge < -0.3 is 9.64 Å². The highest BCUT2D eigenvalue weighted by atomic mass is 35.5. The van der Waals surface area contributed by atoms with E-state index in [0.29, 0.717) is 23.9 Å². The molecule has 2 rings (SSSR count). The van der Waals surface area contributed by atoms with Gasteiger partial charge in [0, 0.05) is 19.0 Å². The second-order valence-corrected chi connectivity index (χ2v) is 5.54. The minimum atomic E-state index is -0.0807. The third-order valence-electron chi connectivity index (χ3n) is 3.14. The summed E-state index contributed by atoms with van der Waals surface area (Å²) in [5, 5.41) is 1.13. The van der Waals surface area contributed by atoms with Crippen LogP contribution in [-0.4, -0.2) is 42.1 Å². The summed E-state index contributed by atoms with van der Waals surface area (Å²) < 4.78 is 5.48. The number of rotatable bonds is 5. The van der Waals surface area contributed by atoms with Gasteiger partial charge in [0.1, 0.15) is 5.15 Å². The molecule has 0 fully saturated rings. The molecule has 0 aliphatic heterocycles. The lowest BCUT2D eigenvalue weighted by Gasteiger charge is -2.19. The molecule has 0 aliphatic rings. The Labute approximate surface area is 129 Å². The zero-order chi connectivity index (χ0) is 15.4. The van der Waals surface area contributed by atoms with E-state index >= 15 is 0 Å². The summed E-state index contributed by atoms with van der Waals surface area (Å²) in [4.78, 5) is 18.4. The summed E-state index contributed by atoms with van der Waals surface area (Å²) in [5.74, 6) is -0.0807. The summed E-state index contributed by atoms with van der Waals surface area (Å²) >= 11 is 6.01. The van der Waals surface area contributed by atoms with Crippen molar-refractivity contribution in [1.82, 2.24) is 9.88 Å². The fourth-order valence-corrected chi connectivity index (χ4v) is 2.25. The van der Waals surface area contributed by atoms with Crippen LogP contribution in [0, 0.1) is 0 Å². The van der Waals surface area contributed by atoms with Crippen LogP contribution in [0.2, 0.25) is 5.15 Å². The van der Waals surface area contributed by atoms with Gasteiger partial charge in [0.15, 0.2) is 0 Å². The van der Waals surface area contributed by atoms with Gasteiger partial charge in [0.2, 0.25) is 0 Å². The Morgan fingerprint density at radius 2 is 2.10 bits per heavy atom. The molecular weight excluding hydrogens is 288 g/mol. The highest BCUT2D eigenvalue weighted by Gasteiger charge is 2.16. The van der Waals surface area contributed by atoms with Gasteiger partial charge in [-0.2, -0.15) is 0 Å². The number of hydrogen-bond acceptors (Lipinski definition) is 3. The monoisotopic (exact) mass is 306 g/mol. The molecule has 0 saturated heterocycles. The number of pyridine rings is 1. The maximum atomic E-state index is 12.6. The van der Waals surface area contributed by atoms with Crippen LogP contribution in [0.25, 0.3) is 10.9 Å². The highest BCUT2D eigenvalue weighted by Crippen LogP contribution is 2.21. The molecule has 2 aromatic rings. The van der Waals surface area contributed by atoms with Gasteiger partial charge in [-0.25, -0.2) is 4.98 Å². The number of carbonyl (C=O) groups is 1. The molecule has 5 heteroatoms. The first kappa shape index (κ1) is 15.7. The number of halogens is 1. The maximum Gasteiger partial charge on any atom is 0.254 e. The Morgan fingerprint density at radius 1 is 1.38 bits per heavy atom. The molecule has 1 heterocycles. The molecular formula is C16H19ClN2O2. The molecule has 0 bridgehead atoms. The van der Waals surface area contributed by atoms with Gasteiger partial charge in [0.25, 0.3) is 5.91 Å². The fourth-order valence-electron chi connectivity index (χ4n) is 2.05. The molecule has 1 aromatic carbocycles. The fraction of sp³-hybridized carbons (Fsp3) is 0.375. The molecule has 1 amide bonds. The standard InChI is InChI=1S/C16H19ClN2O2/c1-11(2)21-9-8-19(3)16(20)13-10-15(17)18-14-7-5-4-6-12(13)14/h4-7,10-11H,8-9H2,1-3H3. The number of hydrogen-bond donors (Lipinski definition) is 0. The second-order valence-electron chi connectivity index (χ2n) is 5.16. The van der Waals surface area contributed by atoms with Crippen LogP contribution in [0.4, 0.5) is 0 Å². The average molecular weight is 307 g/mol. The average Bonchev–Trinajstić information content (AvgIpc) is 2.45. The summed E-state index contributed by atoms with van der Waals surface area (Å²) in [6, 6.07) is 9.10. The van der Waals surface area contributed by atoms with Crippen molar-refractivity contribution in [2.75, 3.05) is 20.2 Å². The summed E-state index contributed by atoms with van der Waals surface area (Å²) in [6.45, 7) is 4.98. The first-order valence-corrected chi connectivity index (χ1v) is 7.29. The molecule has 0 radical (unpaired) electrons. The van der Waals surface area contributed by atoms with E-state index in [9.17, 15) is 4.79 Å². The zero-order valence-electron chi connectivity index (χ0n) is 12.5. The van der Waals surface area contributed by atoms with Crippen molar-refractivity contribution in [2.24, 2.45) is 0 Å². The number of benzene rings is 1. The molecule has 0 N–H and O–H groups in total. The molecule has 0 saturated carbocycles. The van der Waals surface area contributed by atoms with Crippen molar-refractivity contribution in [3.05, 3.63) is 41.0 Å². The molecule has 0 unspecified atom stereocenters. The number of ether oxygens (including phenoxy) is 1. The number of para-hydroxylation sites is 1. The number of carbonyl (C=O) groups excluding carboxylic acids is 1. The predicted molar refractivity (Wildman–Crippen MR) is 84.8 cm³/mol. The van der Waals surface area contributed by atoms with Crippen LogP contribution in [-0.2, 0) is 4.74 Å². The van der Waals surface area contributed by atoms with Crippen molar-refractivity contribution in [3.8, 4) is 0 Å². The molecule has 0 spiro atoms. The molecule has 4 nitrogen and oxygen atoms in total. The Balaban J connectivity index is 2.22. The van der Waals surface area contributed by atoms with E-state index in [1.54, 1.807) is 18.0 Å². The Kier molecular flexibility index (Phi) is 5.15. The van der Waals surface area contributed by atoms with Crippen LogP contribution in [0.15, 0.2) is 30.3 Å². The molecule has 21 heavy (non-hydrogen) atoms. The SMILES string of the molecule is CC(C)OCCN(C)C(=O)c1cc(Cl)nc2ccccc12. The smallest absolute Gasteiger partial charge is 0.254 e. The first-order chi connectivity index (χ1) is 9.99. The topological polar surface area (TPSA) is 42.4 Å². The van der Waals surface area contributed by atoms with Gasteiger partial charge in [-0.3, -0.25) is 4.79 Å². The van der Waals surface area contributed by atoms with Gasteiger partial charge in [-0.1, -0.05) is 29.8 Å². The quantitative estimate of drug-likeness (QED) is 0.795. The van der Waals surface area contributed by atoms with E-state index in [-0.39, 0.29) is 12.0 Å². The Bertz CT molecular complexity index is 643. The number of likely N-dealkylation sites (N-methyl/N-ethyl adjacent to an activating group) is 1. The lowest BCUT2D eigenvalue weighted by molar-refractivity contribution is 0.0533. The van der Waals surface area contributed by atoms with Crippen molar-refractivity contribution in [2.45, 2.75) is 20.0 Å². The third kappa shape index (κ3) is 3.93. The first-order valence-electron chi connectivity index (χ1n) is 6.91. The van der Waals surface area contributed by atoms with Crippen LogP contribution in [0.5, 0.6) is 0 Å². The summed E-state index contributed by atoms with van der Waals surface area (Å²) in [6.07, 6.45) is 0.157. The van der Waals surface area contributed by atoms with E-state index in [1.165, 1.54) is 0 Å². The Morgan fingerprint density at radius 3 is 2.81 bits per heavy atom. The van der Waals surface area contributed by atoms with Crippen molar-refractivity contribution in [3.63, 3.8) is 0 Å². The lowest BCUT2D eigenvalue weighted by Crippen LogP contribution is -2.31. The van der Waals surface area contributed by atoms with E-state index in [2.05, 4.69) is 4.98 Å². The summed E-state index contributed by atoms with van der Waals surface area (Å²) in [7, 11) is 1.76. The predicted octanol–water partition coefficient (Wildman–Crippen LogP) is 3.39. The van der Waals surface area contributed by atoms with Gasteiger partial charge in [-0.15, -0.1) is 0 Å². The van der Waals surface area contributed by atoms with Crippen LogP contribution < -0.4 is 0 Å². The minimum absolute atomic E-state index is 0.0807. The minimum Gasteiger partial charge on any atom is -0.377 e.